The van der Waals surface area contributed by atoms with Gasteiger partial charge in [-0.05, 0) is 98.3 Å². The lowest BCUT2D eigenvalue weighted by Gasteiger charge is -2.39. The summed E-state index contributed by atoms with van der Waals surface area (Å²) in [4.78, 5) is 42.9. The van der Waals surface area contributed by atoms with Gasteiger partial charge >= 0.3 is 0 Å². The van der Waals surface area contributed by atoms with Crippen molar-refractivity contribution in [3.05, 3.63) is 66.5 Å². The topological polar surface area (TPSA) is 79.4 Å². The van der Waals surface area contributed by atoms with Crippen molar-refractivity contribution < 1.29 is 14.4 Å². The number of likely N-dealkylation sites (tertiary alicyclic amines) is 1. The van der Waals surface area contributed by atoms with E-state index in [0.29, 0.717) is 29.9 Å². The van der Waals surface area contributed by atoms with E-state index in [9.17, 15) is 14.4 Å². The maximum Gasteiger partial charge on any atom is 0.245 e. The quantitative estimate of drug-likeness (QED) is 0.219. The molecule has 2 fully saturated rings. The number of hydrogen-bond acceptors (Lipinski definition) is 5. The Hall–Kier alpha value is -3.28. The molecule has 0 spiro atoms. The number of carbonyl (C=O) groups is 3. The van der Waals surface area contributed by atoms with Gasteiger partial charge in [0.1, 0.15) is 11.6 Å². The Balaban J connectivity index is 0.00000141. The minimum Gasteiger partial charge on any atom is -0.341 e. The number of nitrogens with zero attached hydrogens (tertiary/aromatic N) is 2. The van der Waals surface area contributed by atoms with Crippen LogP contribution in [0.2, 0.25) is 0 Å². The van der Waals surface area contributed by atoms with Crippen LogP contribution in [-0.4, -0.2) is 40.4 Å². The second kappa shape index (κ2) is 17.5. The number of pyridine rings is 1. The van der Waals surface area contributed by atoms with Crippen molar-refractivity contribution >= 4 is 29.4 Å². The molecule has 1 unspecified atom stereocenters. The third kappa shape index (κ3) is 9.37. The molecule has 0 radical (unpaired) electrons. The van der Waals surface area contributed by atoms with E-state index >= 15 is 0 Å². The maximum absolute atomic E-state index is 12.8. The molecular formula is C35H51N3O3. The molecular weight excluding hydrogens is 510 g/mol. The number of hydrogen-bond donors (Lipinski definition) is 1. The van der Waals surface area contributed by atoms with Gasteiger partial charge in [0.25, 0.3) is 0 Å². The summed E-state index contributed by atoms with van der Waals surface area (Å²) in [5, 5.41) is 3.39. The monoisotopic (exact) mass is 561 g/mol. The Kier molecular flexibility index (Phi) is 14.5. The van der Waals surface area contributed by atoms with Gasteiger partial charge < -0.3 is 10.2 Å². The second-order valence-electron chi connectivity index (χ2n) is 10.6. The predicted octanol–water partition coefficient (Wildman–Crippen LogP) is 7.90. The lowest BCUT2D eigenvalue weighted by atomic mass is 9.78. The van der Waals surface area contributed by atoms with Crippen molar-refractivity contribution in [2.75, 3.05) is 18.4 Å². The standard InChI is InChI=1S/C31H39N3O3.2C2H6/c1-4-25(14-9-21-7-11-23(12-8-21)28(35)5-2)33-30-17-27-24(18-32-30)13-16-29(36)26(27)15-10-22-19-34(20-22)31(37)6-3;2*1-2/h4,6,13-14,16-18,21-23,26H,1,3,5,7-12,15,19-20H2,2H3,(H,32,33);2*1-2H3/b25-14+;;. The number of fused-ring (bicyclic) bond motifs is 1. The summed E-state index contributed by atoms with van der Waals surface area (Å²) in [6.07, 6.45) is 18.1. The fourth-order valence-corrected chi connectivity index (χ4v) is 5.83. The Morgan fingerprint density at radius 3 is 2.29 bits per heavy atom. The van der Waals surface area contributed by atoms with Crippen LogP contribution in [0.4, 0.5) is 5.82 Å². The van der Waals surface area contributed by atoms with Crippen molar-refractivity contribution in [1.82, 2.24) is 9.88 Å². The van der Waals surface area contributed by atoms with Crippen molar-refractivity contribution in [3.63, 3.8) is 0 Å². The molecule has 2 aliphatic carbocycles. The number of anilines is 1. The summed E-state index contributed by atoms with van der Waals surface area (Å²) in [5.41, 5.74) is 2.90. The molecule has 1 N–H and O–H groups in total. The van der Waals surface area contributed by atoms with E-state index in [0.717, 1.165) is 74.9 Å². The van der Waals surface area contributed by atoms with Gasteiger partial charge in [0.05, 0.1) is 0 Å². The molecule has 1 saturated heterocycles. The van der Waals surface area contributed by atoms with Gasteiger partial charge in [0.2, 0.25) is 5.91 Å². The predicted molar refractivity (Wildman–Crippen MR) is 170 cm³/mol. The number of aromatic nitrogens is 1. The molecule has 6 heteroatoms. The highest BCUT2D eigenvalue weighted by Gasteiger charge is 2.32. The zero-order chi connectivity index (χ0) is 30.4. The van der Waals surface area contributed by atoms with Crippen molar-refractivity contribution in [3.8, 4) is 0 Å². The van der Waals surface area contributed by atoms with Crippen molar-refractivity contribution in [2.45, 2.75) is 91.9 Å². The van der Waals surface area contributed by atoms with Gasteiger partial charge in [-0.3, -0.25) is 14.4 Å². The van der Waals surface area contributed by atoms with Gasteiger partial charge in [-0.25, -0.2) is 4.98 Å². The van der Waals surface area contributed by atoms with Crippen molar-refractivity contribution in [2.24, 2.45) is 17.8 Å². The van der Waals surface area contributed by atoms with Crippen LogP contribution in [0.1, 0.15) is 103 Å². The molecule has 1 atom stereocenters. The minimum absolute atomic E-state index is 0.0228. The summed E-state index contributed by atoms with van der Waals surface area (Å²) >= 11 is 0. The first kappa shape index (κ1) is 33.9. The van der Waals surface area contributed by atoms with Gasteiger partial charge in [-0.15, -0.1) is 0 Å². The number of nitrogens with one attached hydrogen (secondary N) is 1. The van der Waals surface area contributed by atoms with Crippen LogP contribution in [0.5, 0.6) is 0 Å². The number of carbonyl (C=O) groups excluding carboxylic acids is 3. The highest BCUT2D eigenvalue weighted by molar-refractivity contribution is 6.02. The molecule has 1 amide bonds. The molecule has 1 aliphatic heterocycles. The first-order valence-corrected chi connectivity index (χ1v) is 15.7. The summed E-state index contributed by atoms with van der Waals surface area (Å²) in [6, 6.07) is 1.99. The Morgan fingerprint density at radius 2 is 1.68 bits per heavy atom. The third-order valence-corrected chi connectivity index (χ3v) is 8.24. The number of amides is 1. The summed E-state index contributed by atoms with van der Waals surface area (Å²) < 4.78 is 0. The highest BCUT2D eigenvalue weighted by atomic mass is 16.2. The number of ketones is 2. The van der Waals surface area contributed by atoms with Crippen LogP contribution in [0.25, 0.3) is 6.08 Å². The summed E-state index contributed by atoms with van der Waals surface area (Å²) in [5.74, 6) is 2.30. The zero-order valence-electron chi connectivity index (χ0n) is 26.0. The van der Waals surface area contributed by atoms with E-state index in [4.69, 9.17) is 0 Å². The molecule has 6 nitrogen and oxygen atoms in total. The molecule has 224 valence electrons. The Bertz CT molecular complexity index is 1110. The van der Waals surface area contributed by atoms with E-state index in [1.165, 1.54) is 6.08 Å². The molecule has 2 heterocycles. The van der Waals surface area contributed by atoms with Gasteiger partial charge in [0, 0.05) is 43.2 Å². The fraction of sp³-hybridized carbons (Fsp3) is 0.543. The number of allylic oxidation sites excluding steroid dienone is 3. The van der Waals surface area contributed by atoms with Crippen LogP contribution in [0.3, 0.4) is 0 Å². The second-order valence-corrected chi connectivity index (χ2v) is 10.6. The van der Waals surface area contributed by atoms with Crippen LogP contribution >= 0.6 is 0 Å². The van der Waals surface area contributed by atoms with Gasteiger partial charge in [0.15, 0.2) is 5.78 Å². The lowest BCUT2D eigenvalue weighted by Crippen LogP contribution is -2.49. The van der Waals surface area contributed by atoms with E-state index < -0.39 is 0 Å². The fourth-order valence-electron chi connectivity index (χ4n) is 5.83. The third-order valence-electron chi connectivity index (χ3n) is 8.24. The Morgan fingerprint density at radius 1 is 1.00 bits per heavy atom. The summed E-state index contributed by atoms with van der Waals surface area (Å²) in [7, 11) is 0. The average Bonchev–Trinajstić information content (AvgIpc) is 3.00. The smallest absolute Gasteiger partial charge is 0.245 e. The molecule has 3 aliphatic rings. The van der Waals surface area contributed by atoms with E-state index in [2.05, 4.69) is 29.5 Å². The molecule has 1 saturated carbocycles. The van der Waals surface area contributed by atoms with E-state index in [-0.39, 0.29) is 23.5 Å². The van der Waals surface area contributed by atoms with Crippen LogP contribution in [0.15, 0.2) is 55.4 Å². The first-order chi connectivity index (χ1) is 19.9. The van der Waals surface area contributed by atoms with E-state index in [1.807, 2.05) is 59.0 Å². The highest BCUT2D eigenvalue weighted by Crippen LogP contribution is 2.35. The molecule has 41 heavy (non-hydrogen) atoms. The molecule has 0 bridgehead atoms. The van der Waals surface area contributed by atoms with Crippen LogP contribution in [-0.2, 0) is 14.4 Å². The van der Waals surface area contributed by atoms with Crippen LogP contribution in [0, 0.1) is 17.8 Å². The largest absolute Gasteiger partial charge is 0.341 e. The molecule has 1 aromatic rings. The number of Topliss-reactive ketones (excluding diaryl/α,β-unsaturated/α-hetero) is 1. The van der Waals surface area contributed by atoms with Gasteiger partial charge in [-0.2, -0.15) is 0 Å². The normalized spacial score (nSPS) is 21.7. The average molecular weight is 562 g/mol. The SMILES string of the molecule is C=CC(=O)N1CC(CCC2C(=O)C=Cc3cnc(N/C(C=C)=C/CC4CCC(C(=O)CC)CC4)cc32)C1.CC.CC. The maximum atomic E-state index is 12.8. The molecule has 1 aromatic heterocycles. The summed E-state index contributed by atoms with van der Waals surface area (Å²) in [6.45, 7) is 18.9. The lowest BCUT2D eigenvalue weighted by molar-refractivity contribution is -0.132. The van der Waals surface area contributed by atoms with Crippen molar-refractivity contribution in [1.29, 1.82) is 0 Å². The minimum atomic E-state index is -0.190. The number of rotatable bonds is 11. The zero-order valence-corrected chi connectivity index (χ0v) is 26.0. The van der Waals surface area contributed by atoms with Gasteiger partial charge in [-0.1, -0.05) is 53.9 Å². The first-order valence-electron chi connectivity index (χ1n) is 15.7. The Labute approximate surface area is 248 Å². The molecule has 4 rings (SSSR count). The van der Waals surface area contributed by atoms with Crippen LogP contribution < -0.4 is 5.32 Å². The van der Waals surface area contributed by atoms with E-state index in [1.54, 1.807) is 11.0 Å². The molecule has 0 aromatic carbocycles.